The molecule has 2 aliphatic heterocycles. The minimum atomic E-state index is -0.561. The summed E-state index contributed by atoms with van der Waals surface area (Å²) in [4.78, 5) is 18.9. The van der Waals surface area contributed by atoms with Gasteiger partial charge in [0, 0.05) is 50.1 Å². The van der Waals surface area contributed by atoms with Gasteiger partial charge in [-0.25, -0.2) is 0 Å². The summed E-state index contributed by atoms with van der Waals surface area (Å²) in [5.74, 6) is -0.0837. The number of β-amino-alcohol motifs (C(OH)–C–C–N with tert-alkyl or cyclic N) is 1. The summed E-state index contributed by atoms with van der Waals surface area (Å²) in [5.41, 5.74) is 6.44. The van der Waals surface area contributed by atoms with E-state index in [-0.39, 0.29) is 36.7 Å². The number of pyridine rings is 1. The first kappa shape index (κ1) is 30.1. The number of ether oxygens (including phenoxy) is 2. The second-order valence-corrected chi connectivity index (χ2v) is 11.7. The van der Waals surface area contributed by atoms with Crippen LogP contribution < -0.4 is 5.32 Å². The first-order valence-corrected chi connectivity index (χ1v) is 15.3. The molecule has 0 radical (unpaired) electrons. The van der Waals surface area contributed by atoms with Gasteiger partial charge in [-0.15, -0.1) is 0 Å². The van der Waals surface area contributed by atoms with E-state index in [1.165, 1.54) is 0 Å². The van der Waals surface area contributed by atoms with Gasteiger partial charge < -0.3 is 25.0 Å². The second-order valence-electron chi connectivity index (χ2n) is 11.7. The molecular formula is C36H39N3O5. The highest BCUT2D eigenvalue weighted by Gasteiger charge is 2.39. The number of aliphatic hydroxyl groups is 2. The molecule has 5 atom stereocenters. The van der Waals surface area contributed by atoms with Gasteiger partial charge in [0.2, 0.25) is 0 Å². The third-order valence-electron chi connectivity index (χ3n) is 8.68. The van der Waals surface area contributed by atoms with Crippen LogP contribution in [0.25, 0.3) is 11.1 Å². The van der Waals surface area contributed by atoms with E-state index >= 15 is 0 Å². The molecule has 3 aromatic carbocycles. The Kier molecular flexibility index (Phi) is 9.45. The van der Waals surface area contributed by atoms with Crippen molar-refractivity contribution in [1.82, 2.24) is 15.2 Å². The molecule has 0 bridgehead atoms. The first-order chi connectivity index (χ1) is 21.5. The summed E-state index contributed by atoms with van der Waals surface area (Å²) >= 11 is 0. The van der Waals surface area contributed by atoms with Crippen LogP contribution in [0.15, 0.2) is 97.3 Å². The Bertz CT molecular complexity index is 1530. The van der Waals surface area contributed by atoms with Crippen LogP contribution in [0, 0.1) is 5.92 Å². The average Bonchev–Trinajstić information content (AvgIpc) is 3.49. The number of rotatable bonds is 9. The largest absolute Gasteiger partial charge is 0.392 e. The van der Waals surface area contributed by atoms with Crippen molar-refractivity contribution in [2.45, 2.75) is 51.1 Å². The molecule has 0 aliphatic carbocycles. The molecule has 8 nitrogen and oxygen atoms in total. The molecule has 44 heavy (non-hydrogen) atoms. The zero-order valence-electron chi connectivity index (χ0n) is 24.9. The zero-order valence-corrected chi connectivity index (χ0v) is 24.9. The molecule has 2 fully saturated rings. The van der Waals surface area contributed by atoms with Gasteiger partial charge in [0.15, 0.2) is 6.29 Å². The van der Waals surface area contributed by atoms with Crippen LogP contribution in [0.3, 0.4) is 0 Å². The van der Waals surface area contributed by atoms with Crippen molar-refractivity contribution in [1.29, 1.82) is 0 Å². The van der Waals surface area contributed by atoms with E-state index in [2.05, 4.69) is 40.3 Å². The Labute approximate surface area is 258 Å². The van der Waals surface area contributed by atoms with E-state index in [0.29, 0.717) is 18.7 Å². The topological polar surface area (TPSA) is 104 Å². The van der Waals surface area contributed by atoms with Crippen LogP contribution in [0.4, 0.5) is 0 Å². The summed E-state index contributed by atoms with van der Waals surface area (Å²) < 4.78 is 13.2. The van der Waals surface area contributed by atoms with Gasteiger partial charge in [0.1, 0.15) is 0 Å². The van der Waals surface area contributed by atoms with Gasteiger partial charge in [-0.1, -0.05) is 79.7 Å². The molecule has 0 saturated carbocycles. The number of aliphatic hydroxyl groups excluding tert-OH is 2. The standard InChI is InChI=1S/C36H39N3O5/c1-24-33(22-39-18-16-31(41)21-39)43-36(44-34(24)27-10-8-25(23-40)9-11-27)28-14-12-26(13-15-28)32-7-3-2-5-29(32)20-38-35(42)30-6-4-17-37-19-30/h2-15,17,19,24,31,33-34,36,40-41H,16,18,20-23H2,1H3,(H,38,42). The highest BCUT2D eigenvalue weighted by Crippen LogP contribution is 2.42. The van der Waals surface area contributed by atoms with Crippen molar-refractivity contribution < 1.29 is 24.5 Å². The van der Waals surface area contributed by atoms with Gasteiger partial charge in [0.05, 0.1) is 30.5 Å². The summed E-state index contributed by atoms with van der Waals surface area (Å²) in [5, 5.41) is 22.6. The number of likely N-dealkylation sites (tertiary alicyclic amines) is 1. The molecule has 8 heteroatoms. The fourth-order valence-electron chi connectivity index (χ4n) is 6.11. The molecule has 3 N–H and O–H groups in total. The number of nitrogens with one attached hydrogen (secondary N) is 1. The molecule has 1 amide bonds. The Morgan fingerprint density at radius 1 is 0.977 bits per heavy atom. The number of aromatic nitrogens is 1. The minimum absolute atomic E-state index is 0.000636. The molecule has 2 aliphatic rings. The molecule has 5 unspecified atom stereocenters. The lowest BCUT2D eigenvalue weighted by Gasteiger charge is -2.42. The second kappa shape index (κ2) is 13.8. The molecular weight excluding hydrogens is 554 g/mol. The molecule has 6 rings (SSSR count). The van der Waals surface area contributed by atoms with Gasteiger partial charge in [-0.3, -0.25) is 14.7 Å². The van der Waals surface area contributed by atoms with E-state index in [4.69, 9.17) is 9.47 Å². The SMILES string of the molecule is CC1C(CN2CCC(O)C2)OC(c2ccc(-c3ccccc3CNC(=O)c3cccnc3)cc2)OC1c1ccc(CO)cc1. The Morgan fingerprint density at radius 3 is 2.45 bits per heavy atom. The van der Waals surface area contributed by atoms with Gasteiger partial charge in [-0.05, 0) is 46.4 Å². The number of carbonyl (C=O) groups excluding carboxylic acids is 1. The van der Waals surface area contributed by atoms with Crippen LogP contribution in [0.5, 0.6) is 0 Å². The Hall–Kier alpha value is -3.92. The number of amides is 1. The fourth-order valence-corrected chi connectivity index (χ4v) is 6.11. The molecule has 2 saturated heterocycles. The highest BCUT2D eigenvalue weighted by molar-refractivity contribution is 5.93. The quantitative estimate of drug-likeness (QED) is 0.250. The summed E-state index contributed by atoms with van der Waals surface area (Å²) in [6.45, 7) is 4.78. The van der Waals surface area contributed by atoms with Crippen molar-refractivity contribution in [2.24, 2.45) is 5.92 Å². The van der Waals surface area contributed by atoms with Crippen molar-refractivity contribution in [3.8, 4) is 11.1 Å². The normalized spacial score (nSPS) is 23.8. The third kappa shape index (κ3) is 6.90. The summed E-state index contributed by atoms with van der Waals surface area (Å²) in [6.07, 6.45) is 2.85. The fraction of sp³-hybridized carbons (Fsp3) is 0.333. The predicted octanol–water partition coefficient (Wildman–Crippen LogP) is 5.03. The van der Waals surface area contributed by atoms with E-state index < -0.39 is 6.29 Å². The summed E-state index contributed by atoms with van der Waals surface area (Å²) in [6, 6.07) is 27.7. The monoisotopic (exact) mass is 593 g/mol. The van der Waals surface area contributed by atoms with Crippen LogP contribution in [0.2, 0.25) is 0 Å². The maximum Gasteiger partial charge on any atom is 0.253 e. The van der Waals surface area contributed by atoms with E-state index in [1.54, 1.807) is 24.5 Å². The average molecular weight is 594 g/mol. The number of nitrogens with zero attached hydrogens (tertiary/aromatic N) is 2. The minimum Gasteiger partial charge on any atom is -0.392 e. The molecule has 228 valence electrons. The van der Waals surface area contributed by atoms with Crippen LogP contribution in [0.1, 0.15) is 58.4 Å². The highest BCUT2D eigenvalue weighted by atomic mass is 16.7. The third-order valence-corrected chi connectivity index (χ3v) is 8.68. The maximum absolute atomic E-state index is 12.6. The molecule has 0 spiro atoms. The molecule has 3 heterocycles. The lowest BCUT2D eigenvalue weighted by atomic mass is 9.90. The number of carbonyl (C=O) groups is 1. The molecule has 1 aromatic heterocycles. The first-order valence-electron chi connectivity index (χ1n) is 15.3. The van der Waals surface area contributed by atoms with Gasteiger partial charge in [0.25, 0.3) is 5.91 Å². The van der Waals surface area contributed by atoms with Crippen molar-refractivity contribution in [3.63, 3.8) is 0 Å². The zero-order chi connectivity index (χ0) is 30.5. The van der Waals surface area contributed by atoms with Crippen LogP contribution in [-0.4, -0.2) is 57.8 Å². The number of benzene rings is 3. The molecule has 4 aromatic rings. The van der Waals surface area contributed by atoms with E-state index in [9.17, 15) is 15.0 Å². The lowest BCUT2D eigenvalue weighted by molar-refractivity contribution is -0.276. The Morgan fingerprint density at radius 2 is 1.75 bits per heavy atom. The number of hydrogen-bond acceptors (Lipinski definition) is 7. The van der Waals surface area contributed by atoms with Gasteiger partial charge >= 0.3 is 0 Å². The van der Waals surface area contributed by atoms with Crippen molar-refractivity contribution >= 4 is 5.91 Å². The maximum atomic E-state index is 12.6. The van der Waals surface area contributed by atoms with Crippen LogP contribution in [-0.2, 0) is 22.6 Å². The predicted molar refractivity (Wildman–Crippen MR) is 167 cm³/mol. The smallest absolute Gasteiger partial charge is 0.253 e. The van der Waals surface area contributed by atoms with Crippen molar-refractivity contribution in [3.05, 3.63) is 125 Å². The van der Waals surface area contributed by atoms with E-state index in [0.717, 1.165) is 52.9 Å². The van der Waals surface area contributed by atoms with Crippen LogP contribution >= 0.6 is 0 Å². The van der Waals surface area contributed by atoms with Crippen molar-refractivity contribution in [2.75, 3.05) is 19.6 Å². The summed E-state index contributed by atoms with van der Waals surface area (Å²) in [7, 11) is 0. The van der Waals surface area contributed by atoms with Gasteiger partial charge in [-0.2, -0.15) is 0 Å². The van der Waals surface area contributed by atoms with E-state index in [1.807, 2.05) is 54.6 Å². The number of hydrogen-bond donors (Lipinski definition) is 3. The Balaban J connectivity index is 1.21. The lowest BCUT2D eigenvalue weighted by Crippen LogP contribution is -2.44.